The van der Waals surface area contributed by atoms with Crippen LogP contribution < -0.4 is 11.1 Å². The summed E-state index contributed by atoms with van der Waals surface area (Å²) in [7, 11) is 0. The Labute approximate surface area is 209 Å². The van der Waals surface area contributed by atoms with Crippen LogP contribution in [-0.4, -0.2) is 32.2 Å². The van der Waals surface area contributed by atoms with Gasteiger partial charge in [0.1, 0.15) is 11.2 Å². The van der Waals surface area contributed by atoms with Gasteiger partial charge in [0.05, 0.1) is 12.9 Å². The molecule has 1 amide bonds. The number of carbonyl (C=O) groups is 1. The maximum atomic E-state index is 14.1. The van der Waals surface area contributed by atoms with Gasteiger partial charge in [0.25, 0.3) is 0 Å². The summed E-state index contributed by atoms with van der Waals surface area (Å²) in [6, 6.07) is 15.0. The number of rotatable bonds is 9. The van der Waals surface area contributed by atoms with E-state index in [1.54, 1.807) is 24.5 Å². The van der Waals surface area contributed by atoms with Gasteiger partial charge in [-0.15, -0.1) is 0 Å². The number of nitrogen functional groups attached to an aromatic ring is 1. The maximum Gasteiger partial charge on any atom is 0.407 e. The highest BCUT2D eigenvalue weighted by molar-refractivity contribution is 5.83. The van der Waals surface area contributed by atoms with Crippen molar-refractivity contribution in [3.8, 4) is 11.4 Å². The molecule has 0 saturated carbocycles. The fraction of sp³-hybridized carbons (Fsp3) is 0.333. The minimum Gasteiger partial charge on any atom is -0.450 e. The van der Waals surface area contributed by atoms with Crippen LogP contribution in [0.2, 0.25) is 0 Å². The number of aromatic nitrogens is 4. The van der Waals surface area contributed by atoms with Gasteiger partial charge >= 0.3 is 6.09 Å². The Morgan fingerprint density at radius 1 is 1.14 bits per heavy atom. The molecule has 0 radical (unpaired) electrons. The first-order chi connectivity index (χ1) is 17.2. The maximum absolute atomic E-state index is 14.1. The first-order valence-electron chi connectivity index (χ1n) is 11.9. The number of alkyl carbamates (subject to hydrolysis) is 1. The number of hydrogen-bond donors (Lipinski definition) is 2. The van der Waals surface area contributed by atoms with Gasteiger partial charge in [-0.2, -0.15) is 0 Å². The van der Waals surface area contributed by atoms with Gasteiger partial charge in [-0.05, 0) is 50.8 Å². The predicted octanol–water partition coefficient (Wildman–Crippen LogP) is 5.30. The summed E-state index contributed by atoms with van der Waals surface area (Å²) in [6.07, 6.45) is 2.63. The number of benzene rings is 2. The van der Waals surface area contributed by atoms with E-state index in [4.69, 9.17) is 15.5 Å². The minimum atomic E-state index is -1.43. The average Bonchev–Trinajstić information content (AvgIpc) is 3.26. The second-order valence-corrected chi connectivity index (χ2v) is 9.28. The van der Waals surface area contributed by atoms with Crippen LogP contribution in [0.1, 0.15) is 43.4 Å². The molecule has 0 unspecified atom stereocenters. The molecule has 0 atom stereocenters. The minimum absolute atomic E-state index is 0.272. The zero-order valence-electron chi connectivity index (χ0n) is 20.8. The summed E-state index contributed by atoms with van der Waals surface area (Å²) in [4.78, 5) is 25.5. The van der Waals surface area contributed by atoms with Gasteiger partial charge in [-0.3, -0.25) is 0 Å². The van der Waals surface area contributed by atoms with Crippen LogP contribution in [0.15, 0.2) is 54.9 Å². The fourth-order valence-electron chi connectivity index (χ4n) is 3.87. The molecule has 9 heteroatoms. The molecule has 0 fully saturated rings. The largest absolute Gasteiger partial charge is 0.450 e. The number of aryl methyl sites for hydroxylation is 2. The second kappa shape index (κ2) is 10.7. The van der Waals surface area contributed by atoms with E-state index in [9.17, 15) is 9.18 Å². The number of imidazole rings is 1. The third kappa shape index (κ3) is 6.16. The molecule has 0 saturated heterocycles. The van der Waals surface area contributed by atoms with Crippen molar-refractivity contribution in [2.45, 2.75) is 52.4 Å². The number of fused-ring (bicyclic) bond motifs is 1. The highest BCUT2D eigenvalue weighted by Crippen LogP contribution is 2.25. The summed E-state index contributed by atoms with van der Waals surface area (Å²) < 4.78 is 21.3. The topological polar surface area (TPSA) is 108 Å². The van der Waals surface area contributed by atoms with Crippen LogP contribution in [0, 0.1) is 6.92 Å². The van der Waals surface area contributed by atoms with E-state index in [1.165, 1.54) is 13.8 Å². The monoisotopic (exact) mass is 490 g/mol. The summed E-state index contributed by atoms with van der Waals surface area (Å²) in [5.74, 6) is 0.905. The number of nitrogens with two attached hydrogens (primary N) is 1. The number of nitrogens with one attached hydrogen (secondary N) is 1. The highest BCUT2D eigenvalue weighted by atomic mass is 19.1. The quantitative estimate of drug-likeness (QED) is 0.309. The Hall–Kier alpha value is -4.01. The number of carbonyl (C=O) groups excluding carboxylic acids is 1. The summed E-state index contributed by atoms with van der Waals surface area (Å²) in [6.45, 7) is 6.23. The van der Waals surface area contributed by atoms with Gasteiger partial charge < -0.3 is 20.4 Å². The Morgan fingerprint density at radius 2 is 1.94 bits per heavy atom. The molecule has 4 aromatic rings. The van der Waals surface area contributed by atoms with Crippen molar-refractivity contribution in [3.63, 3.8) is 0 Å². The highest BCUT2D eigenvalue weighted by Gasteiger charge is 2.18. The van der Waals surface area contributed by atoms with Crippen molar-refractivity contribution in [1.82, 2.24) is 24.8 Å². The average molecular weight is 491 g/mol. The Bertz CT molecular complexity index is 1360. The summed E-state index contributed by atoms with van der Waals surface area (Å²) >= 11 is 0. The number of amides is 1. The van der Waals surface area contributed by atoms with Crippen molar-refractivity contribution < 1.29 is 13.9 Å². The van der Waals surface area contributed by atoms with E-state index < -0.39 is 11.8 Å². The smallest absolute Gasteiger partial charge is 0.407 e. The summed E-state index contributed by atoms with van der Waals surface area (Å²) in [5.41, 5.74) is 9.36. The number of hydrogen-bond acceptors (Lipinski definition) is 6. The van der Waals surface area contributed by atoms with Crippen LogP contribution in [0.4, 0.5) is 15.0 Å². The third-order valence-corrected chi connectivity index (χ3v) is 5.84. The van der Waals surface area contributed by atoms with E-state index >= 15 is 0 Å². The molecule has 2 heterocycles. The lowest BCUT2D eigenvalue weighted by molar-refractivity contribution is 0.143. The van der Waals surface area contributed by atoms with Crippen LogP contribution in [-0.2, 0) is 23.5 Å². The normalized spacial score (nSPS) is 11.6. The predicted molar refractivity (Wildman–Crippen MR) is 138 cm³/mol. The van der Waals surface area contributed by atoms with Crippen molar-refractivity contribution in [1.29, 1.82) is 0 Å². The Morgan fingerprint density at radius 3 is 2.72 bits per heavy atom. The first kappa shape index (κ1) is 25.1. The molecule has 4 rings (SSSR count). The molecule has 8 nitrogen and oxygen atoms in total. The number of halogens is 1. The number of nitrogens with zero attached hydrogens (tertiary/aromatic N) is 4. The number of anilines is 1. The number of unbranched alkanes of at least 4 members (excludes halogenated alkanes) is 1. The molecule has 0 aliphatic heterocycles. The third-order valence-electron chi connectivity index (χ3n) is 5.84. The zero-order valence-corrected chi connectivity index (χ0v) is 20.8. The zero-order chi connectivity index (χ0) is 25.7. The van der Waals surface area contributed by atoms with E-state index in [1.807, 2.05) is 41.8 Å². The standard InChI is InChI=1S/C27H31FN6O2/c1-18-8-6-10-20(14-18)24-32-23(29)22-25(33-24)34(17-31-22)12-4-5-13-36-26(35)30-16-19-9-7-11-21(15-19)27(2,3)28/h6-11,14-15,17H,4-5,12-13,16H2,1-3H3,(H,30,35)(H2,29,32,33). The van der Waals surface area contributed by atoms with Crippen LogP contribution in [0.3, 0.4) is 0 Å². The molecular formula is C27H31FN6O2. The number of ether oxygens (including phenoxy) is 1. The fourth-order valence-corrected chi connectivity index (χ4v) is 3.87. The van der Waals surface area contributed by atoms with E-state index in [0.29, 0.717) is 41.3 Å². The molecule has 0 bridgehead atoms. The Kier molecular flexibility index (Phi) is 7.47. The lowest BCUT2D eigenvalue weighted by Gasteiger charge is -2.15. The van der Waals surface area contributed by atoms with E-state index in [2.05, 4.69) is 15.3 Å². The molecule has 3 N–H and O–H groups in total. The molecule has 2 aromatic carbocycles. The van der Waals surface area contributed by atoms with E-state index in [0.717, 1.165) is 23.1 Å². The van der Waals surface area contributed by atoms with Crippen LogP contribution in [0.5, 0.6) is 0 Å². The second-order valence-electron chi connectivity index (χ2n) is 9.28. The van der Waals surface area contributed by atoms with Crippen LogP contribution in [0.25, 0.3) is 22.6 Å². The van der Waals surface area contributed by atoms with Gasteiger partial charge in [0, 0.05) is 18.7 Å². The van der Waals surface area contributed by atoms with Crippen molar-refractivity contribution in [3.05, 3.63) is 71.5 Å². The molecule has 2 aromatic heterocycles. The van der Waals surface area contributed by atoms with Gasteiger partial charge in [0.2, 0.25) is 0 Å². The first-order valence-corrected chi connectivity index (χ1v) is 11.9. The number of alkyl halides is 1. The lowest BCUT2D eigenvalue weighted by Crippen LogP contribution is -2.24. The van der Waals surface area contributed by atoms with Crippen LogP contribution >= 0.6 is 0 Å². The summed E-state index contributed by atoms with van der Waals surface area (Å²) in [5, 5.41) is 2.71. The SMILES string of the molecule is Cc1cccc(-c2nc(N)c3ncn(CCCCOC(=O)NCc4cccc(C(C)(C)F)c4)c3n2)c1. The molecule has 0 aliphatic rings. The van der Waals surface area contributed by atoms with Crippen molar-refractivity contribution in [2.75, 3.05) is 12.3 Å². The lowest BCUT2D eigenvalue weighted by atomic mass is 9.98. The molecular weight excluding hydrogens is 459 g/mol. The molecule has 36 heavy (non-hydrogen) atoms. The van der Waals surface area contributed by atoms with Crippen molar-refractivity contribution >= 4 is 23.1 Å². The molecule has 0 aliphatic carbocycles. The Balaban J connectivity index is 1.27. The van der Waals surface area contributed by atoms with E-state index in [-0.39, 0.29) is 13.2 Å². The molecule has 0 spiro atoms. The van der Waals surface area contributed by atoms with Gasteiger partial charge in [0.15, 0.2) is 17.3 Å². The molecule has 188 valence electrons. The van der Waals surface area contributed by atoms with Gasteiger partial charge in [-0.25, -0.2) is 24.1 Å². The van der Waals surface area contributed by atoms with Gasteiger partial charge in [-0.1, -0.05) is 48.0 Å². The van der Waals surface area contributed by atoms with Crippen molar-refractivity contribution in [2.24, 2.45) is 0 Å².